The summed E-state index contributed by atoms with van der Waals surface area (Å²) in [5, 5.41) is 2.76. The van der Waals surface area contributed by atoms with E-state index in [9.17, 15) is 4.79 Å². The van der Waals surface area contributed by atoms with E-state index in [0.717, 1.165) is 39.4 Å². The number of benzene rings is 2. The number of carbonyl (C=O) groups excluding carboxylic acids is 1. The van der Waals surface area contributed by atoms with Gasteiger partial charge in [-0.2, -0.15) is 0 Å². The molecule has 1 aliphatic heterocycles. The number of carbonyl (C=O) groups is 1. The van der Waals surface area contributed by atoms with Crippen LogP contribution in [-0.2, 0) is 4.79 Å². The molecule has 2 aromatic carbocycles. The normalized spacial score (nSPS) is 16.8. The molecule has 1 heterocycles. The largest absolute Gasteiger partial charge is 0.494 e. The Hall–Kier alpha value is -1.21. The zero-order valence-corrected chi connectivity index (χ0v) is 14.9. The number of halogens is 1. The third-order valence-electron chi connectivity index (χ3n) is 3.36. The second-order valence-corrected chi connectivity index (χ2v) is 7.17. The number of para-hydroxylation sites is 1. The summed E-state index contributed by atoms with van der Waals surface area (Å²) in [5.41, 5.74) is 1.89. The van der Waals surface area contributed by atoms with Crippen LogP contribution in [0.25, 0.3) is 0 Å². The highest BCUT2D eigenvalue weighted by molar-refractivity contribution is 14.1. The number of nitrogens with one attached hydrogen (secondary N) is 1. The Balaban J connectivity index is 1.73. The lowest BCUT2D eigenvalue weighted by atomic mass is 10.1. The molecule has 0 saturated carbocycles. The Bertz CT molecular complexity index is 660. The molecule has 0 aliphatic carbocycles. The van der Waals surface area contributed by atoms with Crippen LogP contribution in [0, 0.1) is 0 Å². The number of alkyl halides is 1. The monoisotopic (exact) mass is 425 g/mol. The Labute approximate surface area is 148 Å². The lowest BCUT2D eigenvalue weighted by Crippen LogP contribution is -2.22. The predicted octanol–water partition coefficient (Wildman–Crippen LogP) is 4.68. The van der Waals surface area contributed by atoms with Crippen LogP contribution in [-0.4, -0.2) is 16.9 Å². The van der Waals surface area contributed by atoms with Gasteiger partial charge in [0.2, 0.25) is 5.91 Å². The molecule has 0 bridgehead atoms. The highest BCUT2D eigenvalue weighted by Gasteiger charge is 2.28. The third-order valence-corrected chi connectivity index (χ3v) is 5.45. The van der Waals surface area contributed by atoms with Gasteiger partial charge in [-0.1, -0.05) is 46.9 Å². The lowest BCUT2D eigenvalue weighted by molar-refractivity contribution is -0.115. The fourth-order valence-corrected chi connectivity index (χ4v) is 3.68. The van der Waals surface area contributed by atoms with Gasteiger partial charge in [0.15, 0.2) is 0 Å². The first kappa shape index (κ1) is 15.7. The summed E-state index contributed by atoms with van der Waals surface area (Å²) in [7, 11) is 0. The molecule has 1 N–H and O–H groups in total. The van der Waals surface area contributed by atoms with Gasteiger partial charge in [-0.15, -0.1) is 11.8 Å². The number of fused-ring (bicyclic) bond motifs is 1. The van der Waals surface area contributed by atoms with Crippen LogP contribution in [0.2, 0.25) is 0 Å². The van der Waals surface area contributed by atoms with Crippen LogP contribution >= 0.6 is 34.4 Å². The molecule has 0 saturated heterocycles. The average molecular weight is 425 g/mol. The summed E-state index contributed by atoms with van der Waals surface area (Å²) in [6.45, 7) is 0.730. The Morgan fingerprint density at radius 1 is 1.14 bits per heavy atom. The molecule has 114 valence electrons. The van der Waals surface area contributed by atoms with E-state index in [1.807, 2.05) is 48.5 Å². The van der Waals surface area contributed by atoms with Gasteiger partial charge in [-0.25, -0.2) is 0 Å². The number of hydrogen-bond acceptors (Lipinski definition) is 3. The highest BCUT2D eigenvalue weighted by Crippen LogP contribution is 2.43. The Morgan fingerprint density at radius 3 is 2.68 bits per heavy atom. The van der Waals surface area contributed by atoms with E-state index in [4.69, 9.17) is 4.74 Å². The fourth-order valence-electron chi connectivity index (χ4n) is 2.25. The molecule has 3 rings (SSSR count). The van der Waals surface area contributed by atoms with Gasteiger partial charge < -0.3 is 10.1 Å². The van der Waals surface area contributed by atoms with Gasteiger partial charge in [0, 0.05) is 9.32 Å². The maximum atomic E-state index is 12.3. The number of thioether (sulfide) groups is 1. The van der Waals surface area contributed by atoms with E-state index < -0.39 is 0 Å². The molecular formula is C17H16INO2S. The molecule has 1 amide bonds. The maximum Gasteiger partial charge on any atom is 0.242 e. The molecule has 0 aromatic heterocycles. The van der Waals surface area contributed by atoms with Crippen molar-refractivity contribution in [3.63, 3.8) is 0 Å². The molecular weight excluding hydrogens is 409 g/mol. The zero-order chi connectivity index (χ0) is 15.4. The molecule has 0 radical (unpaired) electrons. The van der Waals surface area contributed by atoms with Crippen molar-refractivity contribution in [1.82, 2.24) is 0 Å². The molecule has 1 atom stereocenters. The molecule has 5 heteroatoms. The zero-order valence-electron chi connectivity index (χ0n) is 11.9. The maximum absolute atomic E-state index is 12.3. The van der Waals surface area contributed by atoms with Crippen molar-refractivity contribution >= 4 is 45.9 Å². The molecule has 1 aliphatic rings. The molecule has 0 fully saturated rings. The summed E-state index contributed by atoms with van der Waals surface area (Å²) in [4.78, 5) is 13.4. The van der Waals surface area contributed by atoms with Gasteiger partial charge >= 0.3 is 0 Å². The first-order valence-electron chi connectivity index (χ1n) is 7.13. The first-order valence-corrected chi connectivity index (χ1v) is 9.54. The molecule has 22 heavy (non-hydrogen) atoms. The number of anilines is 1. The Kier molecular flexibility index (Phi) is 5.25. The molecule has 1 unspecified atom stereocenters. The molecule has 3 nitrogen and oxygen atoms in total. The Morgan fingerprint density at radius 2 is 1.91 bits per heavy atom. The second kappa shape index (κ2) is 7.37. The number of ether oxygens (including phenoxy) is 1. The first-order chi connectivity index (χ1) is 10.8. The van der Waals surface area contributed by atoms with E-state index >= 15 is 0 Å². The van der Waals surface area contributed by atoms with Crippen LogP contribution in [0.1, 0.15) is 17.2 Å². The minimum atomic E-state index is -0.210. The summed E-state index contributed by atoms with van der Waals surface area (Å²) >= 11 is 3.93. The van der Waals surface area contributed by atoms with Crippen molar-refractivity contribution in [1.29, 1.82) is 0 Å². The summed E-state index contributed by atoms with van der Waals surface area (Å²) in [6, 6.07) is 15.7. The average Bonchev–Trinajstić information content (AvgIpc) is 2.55. The summed E-state index contributed by atoms with van der Waals surface area (Å²) in [5.74, 6) is 0.887. The predicted molar refractivity (Wildman–Crippen MR) is 99.1 cm³/mol. The van der Waals surface area contributed by atoms with Crippen LogP contribution in [0.5, 0.6) is 5.75 Å². The van der Waals surface area contributed by atoms with Crippen molar-refractivity contribution < 1.29 is 9.53 Å². The molecule has 0 spiro atoms. The van der Waals surface area contributed by atoms with Gasteiger partial charge in [-0.3, -0.25) is 4.79 Å². The number of amides is 1. The van der Waals surface area contributed by atoms with Crippen LogP contribution in [0.4, 0.5) is 5.69 Å². The summed E-state index contributed by atoms with van der Waals surface area (Å²) in [6.07, 6.45) is 1.04. The van der Waals surface area contributed by atoms with E-state index in [2.05, 4.69) is 27.9 Å². The lowest BCUT2D eigenvalue weighted by Gasteiger charge is -2.24. The van der Waals surface area contributed by atoms with E-state index in [0.29, 0.717) is 0 Å². The van der Waals surface area contributed by atoms with Gasteiger partial charge in [0.1, 0.15) is 11.0 Å². The van der Waals surface area contributed by atoms with Crippen LogP contribution in [0.3, 0.4) is 0 Å². The van der Waals surface area contributed by atoms with Crippen molar-refractivity contribution in [2.45, 2.75) is 16.6 Å². The van der Waals surface area contributed by atoms with E-state index in [-0.39, 0.29) is 11.2 Å². The molecule has 2 aromatic rings. The van der Waals surface area contributed by atoms with E-state index in [1.165, 1.54) is 0 Å². The van der Waals surface area contributed by atoms with Crippen molar-refractivity contribution in [3.05, 3.63) is 54.1 Å². The quantitative estimate of drug-likeness (QED) is 0.430. The van der Waals surface area contributed by atoms with Crippen molar-refractivity contribution in [3.8, 4) is 5.75 Å². The third kappa shape index (κ3) is 3.57. The van der Waals surface area contributed by atoms with Crippen LogP contribution < -0.4 is 10.1 Å². The van der Waals surface area contributed by atoms with Gasteiger partial charge in [0.25, 0.3) is 0 Å². The van der Waals surface area contributed by atoms with Gasteiger partial charge in [-0.05, 0) is 36.2 Å². The minimum absolute atomic E-state index is 0.0299. The van der Waals surface area contributed by atoms with Crippen LogP contribution in [0.15, 0.2) is 53.4 Å². The van der Waals surface area contributed by atoms with E-state index in [1.54, 1.807) is 11.8 Å². The SMILES string of the molecule is O=C1Nc2ccccc2SC1c1ccc(OCCCI)cc1. The number of hydrogen-bond donors (Lipinski definition) is 1. The van der Waals surface area contributed by atoms with Crippen molar-refractivity contribution in [2.24, 2.45) is 0 Å². The van der Waals surface area contributed by atoms with Crippen molar-refractivity contribution in [2.75, 3.05) is 16.4 Å². The van der Waals surface area contributed by atoms with Gasteiger partial charge in [0.05, 0.1) is 12.3 Å². The standard InChI is InChI=1S/C17H16INO2S/c18-10-3-11-21-13-8-6-12(7-9-13)16-17(20)19-14-4-1-2-5-15(14)22-16/h1-2,4-9,16H,3,10-11H2,(H,19,20). The topological polar surface area (TPSA) is 38.3 Å². The summed E-state index contributed by atoms with van der Waals surface area (Å²) < 4.78 is 6.75. The second-order valence-electron chi connectivity index (χ2n) is 4.94. The highest BCUT2D eigenvalue weighted by atomic mass is 127. The smallest absolute Gasteiger partial charge is 0.242 e. The number of rotatable bonds is 5. The minimum Gasteiger partial charge on any atom is -0.494 e. The fraction of sp³-hybridized carbons (Fsp3) is 0.235.